The van der Waals surface area contributed by atoms with Crippen LogP contribution in [0.3, 0.4) is 0 Å². The predicted molar refractivity (Wildman–Crippen MR) is 85.6 cm³/mol. The van der Waals surface area contributed by atoms with Gasteiger partial charge in [-0.25, -0.2) is 22.8 Å². The summed E-state index contributed by atoms with van der Waals surface area (Å²) in [6.07, 6.45) is 3.44. The Morgan fingerprint density at radius 1 is 1.28 bits per heavy atom. The first-order chi connectivity index (χ1) is 12.0. The fourth-order valence-electron chi connectivity index (χ4n) is 2.66. The summed E-state index contributed by atoms with van der Waals surface area (Å²) in [5.41, 5.74) is 0.0385. The quantitative estimate of drug-likeness (QED) is 0.822. The molecule has 9 heteroatoms. The lowest BCUT2D eigenvalue weighted by molar-refractivity contribution is 0.123. The second-order valence-electron chi connectivity index (χ2n) is 5.50. The minimum Gasteiger partial charge on any atom is -0.471 e. The number of nitrogens with zero attached hydrogens (tertiary/aromatic N) is 4. The lowest BCUT2D eigenvalue weighted by atomic mass is 10.1. The third-order valence-electron chi connectivity index (χ3n) is 3.84. The second-order valence-corrected chi connectivity index (χ2v) is 7.40. The maximum atomic E-state index is 13.9. The average Bonchev–Trinajstić information content (AvgIpc) is 2.62. The van der Waals surface area contributed by atoms with E-state index in [1.165, 1.54) is 34.9 Å². The number of hydrogen-bond donors (Lipinski definition) is 0. The third-order valence-corrected chi connectivity index (χ3v) is 5.74. The summed E-state index contributed by atoms with van der Waals surface area (Å²) in [7, 11) is -3.96. The molecule has 1 atom stereocenters. The van der Waals surface area contributed by atoms with Gasteiger partial charge in [0.25, 0.3) is 5.88 Å². The van der Waals surface area contributed by atoms with Crippen LogP contribution >= 0.6 is 0 Å². The highest BCUT2D eigenvalue weighted by Crippen LogP contribution is 2.25. The standard InChI is InChI=1S/C16H15FN4O3S/c17-13-5-1-2-6-15(13)25(22,23)21-9-3-4-12(11-21)24-16-14(10-18)19-7-8-20-16/h1-2,5-8,12H,3-4,9,11H2. The van der Waals surface area contributed by atoms with Gasteiger partial charge in [-0.15, -0.1) is 0 Å². The van der Waals surface area contributed by atoms with E-state index in [1.807, 2.05) is 6.07 Å². The van der Waals surface area contributed by atoms with Gasteiger partial charge < -0.3 is 4.74 Å². The fourth-order valence-corrected chi connectivity index (χ4v) is 4.23. The van der Waals surface area contributed by atoms with Crippen molar-refractivity contribution in [3.05, 3.63) is 48.2 Å². The molecule has 1 aliphatic rings. The lowest BCUT2D eigenvalue weighted by Gasteiger charge is -2.31. The van der Waals surface area contributed by atoms with Crippen molar-refractivity contribution in [3.8, 4) is 11.9 Å². The Balaban J connectivity index is 1.80. The molecule has 0 N–H and O–H groups in total. The van der Waals surface area contributed by atoms with E-state index in [9.17, 15) is 12.8 Å². The van der Waals surface area contributed by atoms with Crippen molar-refractivity contribution in [1.29, 1.82) is 5.26 Å². The molecular weight excluding hydrogens is 347 g/mol. The van der Waals surface area contributed by atoms with Crippen molar-refractivity contribution >= 4 is 10.0 Å². The molecule has 0 amide bonds. The second kappa shape index (κ2) is 7.13. The minimum absolute atomic E-state index is 0.0385. The molecule has 1 fully saturated rings. The molecule has 1 aromatic carbocycles. The van der Waals surface area contributed by atoms with Crippen molar-refractivity contribution in [2.75, 3.05) is 13.1 Å². The molecule has 0 radical (unpaired) electrons. The smallest absolute Gasteiger partial charge is 0.251 e. The number of aromatic nitrogens is 2. The summed E-state index contributed by atoms with van der Waals surface area (Å²) in [5.74, 6) is -0.716. The molecule has 1 aliphatic heterocycles. The van der Waals surface area contributed by atoms with E-state index in [-0.39, 0.29) is 29.6 Å². The summed E-state index contributed by atoms with van der Waals surface area (Å²) < 4.78 is 46.1. The maximum absolute atomic E-state index is 13.9. The van der Waals surface area contributed by atoms with Gasteiger partial charge in [0.15, 0.2) is 0 Å². The number of benzene rings is 1. The topological polar surface area (TPSA) is 96.2 Å². The monoisotopic (exact) mass is 362 g/mol. The summed E-state index contributed by atoms with van der Waals surface area (Å²) >= 11 is 0. The van der Waals surface area contributed by atoms with Crippen molar-refractivity contribution < 1.29 is 17.5 Å². The van der Waals surface area contributed by atoms with E-state index in [2.05, 4.69) is 9.97 Å². The van der Waals surface area contributed by atoms with Gasteiger partial charge in [-0.3, -0.25) is 0 Å². The van der Waals surface area contributed by atoms with Gasteiger partial charge >= 0.3 is 0 Å². The number of ether oxygens (including phenoxy) is 1. The number of rotatable bonds is 4. The molecule has 1 aromatic heterocycles. The van der Waals surface area contributed by atoms with E-state index >= 15 is 0 Å². The Bertz CT molecular complexity index is 914. The Kier molecular flexibility index (Phi) is 4.92. The first kappa shape index (κ1) is 17.3. The summed E-state index contributed by atoms with van der Waals surface area (Å²) in [5, 5.41) is 9.03. The first-order valence-electron chi connectivity index (χ1n) is 7.65. The van der Waals surface area contributed by atoms with Crippen LogP contribution in [0.5, 0.6) is 5.88 Å². The first-order valence-corrected chi connectivity index (χ1v) is 9.09. The van der Waals surface area contributed by atoms with Gasteiger partial charge in [-0.1, -0.05) is 12.1 Å². The van der Waals surface area contributed by atoms with Gasteiger partial charge in [0.2, 0.25) is 15.7 Å². The van der Waals surface area contributed by atoms with E-state index in [4.69, 9.17) is 10.00 Å². The number of nitriles is 1. The van der Waals surface area contributed by atoms with Crippen LogP contribution in [0, 0.1) is 17.1 Å². The van der Waals surface area contributed by atoms with Crippen LogP contribution in [0.25, 0.3) is 0 Å². The highest BCUT2D eigenvalue weighted by molar-refractivity contribution is 7.89. The number of hydrogen-bond acceptors (Lipinski definition) is 6. The largest absolute Gasteiger partial charge is 0.471 e. The van der Waals surface area contributed by atoms with Crippen molar-refractivity contribution in [2.24, 2.45) is 0 Å². The van der Waals surface area contributed by atoms with Gasteiger partial charge in [0.05, 0.1) is 6.54 Å². The van der Waals surface area contributed by atoms with Gasteiger partial charge in [0.1, 0.15) is 22.9 Å². The minimum atomic E-state index is -3.96. The van der Waals surface area contributed by atoms with Crippen molar-refractivity contribution in [1.82, 2.24) is 14.3 Å². The Morgan fingerprint density at radius 2 is 2.04 bits per heavy atom. The molecule has 0 aliphatic carbocycles. The molecule has 2 aromatic rings. The van der Waals surface area contributed by atoms with Crippen LogP contribution in [0.4, 0.5) is 4.39 Å². The van der Waals surface area contributed by atoms with Crippen LogP contribution in [0.1, 0.15) is 18.5 Å². The fraction of sp³-hybridized carbons (Fsp3) is 0.312. The summed E-state index contributed by atoms with van der Waals surface area (Å²) in [4.78, 5) is 7.47. The molecule has 25 heavy (non-hydrogen) atoms. The highest BCUT2D eigenvalue weighted by atomic mass is 32.2. The summed E-state index contributed by atoms with van der Waals surface area (Å²) in [6, 6.07) is 7.15. The van der Waals surface area contributed by atoms with Crippen LogP contribution in [-0.2, 0) is 10.0 Å². The zero-order valence-corrected chi connectivity index (χ0v) is 14.0. The molecule has 3 rings (SSSR count). The van der Waals surface area contributed by atoms with Crippen LogP contribution in [0.15, 0.2) is 41.6 Å². The normalized spacial score (nSPS) is 18.5. The molecule has 7 nitrogen and oxygen atoms in total. The zero-order valence-electron chi connectivity index (χ0n) is 13.2. The summed E-state index contributed by atoms with van der Waals surface area (Å²) in [6.45, 7) is 0.334. The molecule has 130 valence electrons. The Labute approximate surface area is 144 Å². The lowest BCUT2D eigenvalue weighted by Crippen LogP contribution is -2.44. The molecule has 0 spiro atoms. The SMILES string of the molecule is N#Cc1nccnc1OC1CCCN(S(=O)(=O)c2ccccc2F)C1. The predicted octanol–water partition coefficient (Wildman–Crippen LogP) is 1.72. The van der Waals surface area contributed by atoms with Crippen molar-refractivity contribution in [2.45, 2.75) is 23.8 Å². The Hall–Kier alpha value is -2.57. The molecule has 0 saturated carbocycles. The van der Waals surface area contributed by atoms with Crippen LogP contribution in [-0.4, -0.2) is 41.9 Å². The zero-order chi connectivity index (χ0) is 17.9. The average molecular weight is 362 g/mol. The highest BCUT2D eigenvalue weighted by Gasteiger charge is 2.33. The molecule has 1 saturated heterocycles. The molecule has 2 heterocycles. The molecule has 1 unspecified atom stereocenters. The van der Waals surface area contributed by atoms with E-state index < -0.39 is 21.9 Å². The van der Waals surface area contributed by atoms with E-state index in [0.29, 0.717) is 12.8 Å². The van der Waals surface area contributed by atoms with Crippen LogP contribution in [0.2, 0.25) is 0 Å². The molecular formula is C16H15FN4O3S. The third kappa shape index (κ3) is 3.60. The van der Waals surface area contributed by atoms with Crippen molar-refractivity contribution in [3.63, 3.8) is 0 Å². The van der Waals surface area contributed by atoms with E-state index in [0.717, 1.165) is 6.07 Å². The molecule has 0 bridgehead atoms. The van der Waals surface area contributed by atoms with Gasteiger partial charge in [0, 0.05) is 18.9 Å². The maximum Gasteiger partial charge on any atom is 0.251 e. The number of halogens is 1. The van der Waals surface area contributed by atoms with Crippen LogP contribution < -0.4 is 4.74 Å². The van der Waals surface area contributed by atoms with Gasteiger partial charge in [-0.05, 0) is 25.0 Å². The number of sulfonamides is 1. The Morgan fingerprint density at radius 3 is 2.80 bits per heavy atom. The van der Waals surface area contributed by atoms with Gasteiger partial charge in [-0.2, -0.15) is 9.57 Å². The van der Waals surface area contributed by atoms with E-state index in [1.54, 1.807) is 0 Å². The number of piperidine rings is 1.